The highest BCUT2D eigenvalue weighted by Gasteiger charge is 2.23. The molecule has 0 fully saturated rings. The Morgan fingerprint density at radius 3 is 2.61 bits per heavy atom. The van der Waals surface area contributed by atoms with Crippen LogP contribution in [0.25, 0.3) is 11.1 Å². The van der Waals surface area contributed by atoms with E-state index < -0.39 is 23.7 Å². The van der Waals surface area contributed by atoms with E-state index in [1.807, 2.05) is 0 Å². The molecule has 0 aliphatic heterocycles. The maximum atomic E-state index is 12.0. The van der Waals surface area contributed by atoms with Crippen molar-refractivity contribution in [3.8, 4) is 0 Å². The van der Waals surface area contributed by atoms with Gasteiger partial charge >= 0.3 is 12.1 Å². The van der Waals surface area contributed by atoms with Crippen LogP contribution in [0.4, 0.5) is 10.6 Å². The molecule has 3 rings (SSSR count). The van der Waals surface area contributed by atoms with Crippen LogP contribution < -0.4 is 5.32 Å². The van der Waals surface area contributed by atoms with Crippen molar-refractivity contribution >= 4 is 34.9 Å². The lowest BCUT2D eigenvalue weighted by molar-refractivity contribution is 0.0665. The summed E-state index contributed by atoms with van der Waals surface area (Å²) in [6, 6.07) is 5.68. The highest BCUT2D eigenvalue weighted by Crippen LogP contribution is 2.27. The fraction of sp³-hybridized carbons (Fsp3) is 0. The van der Waals surface area contributed by atoms with E-state index in [4.69, 9.17) is 14.6 Å². The van der Waals surface area contributed by atoms with E-state index in [9.17, 15) is 14.4 Å². The molecule has 3 N–H and O–H groups in total. The zero-order valence-electron chi connectivity index (χ0n) is 11.3. The average molecular weight is 316 g/mol. The Bertz CT molecular complexity index is 927. The molecule has 10 nitrogen and oxygen atoms in total. The maximum absolute atomic E-state index is 12.0. The smallest absolute Gasteiger partial charge is 0.432 e. The van der Waals surface area contributed by atoms with Crippen molar-refractivity contribution in [3.63, 3.8) is 0 Å². The zero-order valence-corrected chi connectivity index (χ0v) is 11.3. The van der Waals surface area contributed by atoms with Gasteiger partial charge in [0.05, 0.1) is 0 Å². The number of carbonyl (C=O) groups excluding carboxylic acids is 1. The molecule has 0 bridgehead atoms. The van der Waals surface area contributed by atoms with E-state index in [-0.39, 0.29) is 22.6 Å². The second-order valence-corrected chi connectivity index (χ2v) is 4.34. The lowest BCUT2D eigenvalue weighted by atomic mass is 10.3. The number of anilines is 1. The van der Waals surface area contributed by atoms with Crippen LogP contribution in [-0.4, -0.2) is 42.9 Å². The Hall–Kier alpha value is -3.69. The van der Waals surface area contributed by atoms with Crippen LogP contribution in [0.1, 0.15) is 21.0 Å². The van der Waals surface area contributed by atoms with Crippen LogP contribution in [0.2, 0.25) is 0 Å². The first-order valence-corrected chi connectivity index (χ1v) is 6.19. The van der Waals surface area contributed by atoms with Gasteiger partial charge in [-0.15, -0.1) is 5.10 Å². The van der Waals surface area contributed by atoms with Crippen molar-refractivity contribution in [2.24, 2.45) is 0 Å². The molecule has 0 aromatic carbocycles. The molecule has 3 heterocycles. The zero-order chi connectivity index (χ0) is 16.6. The minimum Gasteiger partial charge on any atom is -0.475 e. The molecule has 3 aromatic heterocycles. The van der Waals surface area contributed by atoms with Crippen LogP contribution in [0, 0.1) is 0 Å². The third kappa shape index (κ3) is 2.48. The largest absolute Gasteiger partial charge is 0.475 e. The number of aromatic nitrogens is 3. The number of carboxylic acid groups (broad SMARTS) is 2. The molecule has 116 valence electrons. The molecular weight excluding hydrogens is 308 g/mol. The third-order valence-electron chi connectivity index (χ3n) is 2.88. The Balaban J connectivity index is 2.05. The number of carbonyl (C=O) groups is 3. The minimum atomic E-state index is -1.45. The molecule has 0 aliphatic rings. The second-order valence-electron chi connectivity index (χ2n) is 4.34. The number of fused-ring (bicyclic) bond motifs is 1. The number of pyridine rings is 1. The monoisotopic (exact) mass is 316 g/mol. The molecule has 0 spiro atoms. The molecule has 0 saturated carbocycles. The summed E-state index contributed by atoms with van der Waals surface area (Å²) < 4.78 is 5.56. The van der Waals surface area contributed by atoms with Crippen molar-refractivity contribution in [1.29, 1.82) is 0 Å². The number of nitrogens with zero attached hydrogens (tertiary/aromatic N) is 3. The number of amides is 1. The third-order valence-corrected chi connectivity index (χ3v) is 2.88. The van der Waals surface area contributed by atoms with Gasteiger partial charge in [0.1, 0.15) is 11.2 Å². The Morgan fingerprint density at radius 1 is 1.22 bits per heavy atom. The molecule has 3 aromatic rings. The molecule has 0 radical (unpaired) electrons. The summed E-state index contributed by atoms with van der Waals surface area (Å²) in [5, 5.41) is 24.0. The Morgan fingerprint density at radius 2 is 2.00 bits per heavy atom. The van der Waals surface area contributed by atoms with Crippen LogP contribution in [0.15, 0.2) is 34.9 Å². The van der Waals surface area contributed by atoms with Crippen molar-refractivity contribution in [3.05, 3.63) is 41.9 Å². The van der Waals surface area contributed by atoms with Crippen LogP contribution in [0.3, 0.4) is 0 Å². The summed E-state index contributed by atoms with van der Waals surface area (Å²) in [6.07, 6.45) is -0.0402. The topological polar surface area (TPSA) is 148 Å². The molecule has 1 amide bonds. The van der Waals surface area contributed by atoms with E-state index in [0.717, 1.165) is 6.07 Å². The molecule has 23 heavy (non-hydrogen) atoms. The molecule has 0 unspecified atom stereocenters. The second kappa shape index (κ2) is 5.26. The lowest BCUT2D eigenvalue weighted by Crippen LogP contribution is -2.15. The van der Waals surface area contributed by atoms with E-state index in [2.05, 4.69) is 15.4 Å². The standard InChI is InChI=1S/C13H8N4O6/c18-11(6-3-1-2-4-14-6)15-10-9-7(17(16-10)13(21)22)5-8(23-9)12(19)20/h1-5H,(H,19,20)(H,21,22)(H,15,16,18). The summed E-state index contributed by atoms with van der Waals surface area (Å²) in [4.78, 5) is 38.0. The van der Waals surface area contributed by atoms with Gasteiger partial charge in [0.2, 0.25) is 5.76 Å². The van der Waals surface area contributed by atoms with Gasteiger partial charge in [-0.2, -0.15) is 4.68 Å². The van der Waals surface area contributed by atoms with Crippen molar-refractivity contribution in [2.75, 3.05) is 5.32 Å². The van der Waals surface area contributed by atoms with E-state index in [1.165, 1.54) is 12.3 Å². The van der Waals surface area contributed by atoms with Gasteiger partial charge in [-0.05, 0) is 12.1 Å². The number of hydrogen-bond donors (Lipinski definition) is 3. The Labute approximate surface area is 127 Å². The van der Waals surface area contributed by atoms with Gasteiger partial charge in [-0.3, -0.25) is 9.78 Å². The van der Waals surface area contributed by atoms with Gasteiger partial charge < -0.3 is 19.9 Å². The predicted molar refractivity (Wildman–Crippen MR) is 74.6 cm³/mol. The van der Waals surface area contributed by atoms with Crippen molar-refractivity contribution in [2.45, 2.75) is 0 Å². The first-order chi connectivity index (χ1) is 11.0. The van der Waals surface area contributed by atoms with E-state index >= 15 is 0 Å². The number of rotatable bonds is 3. The summed E-state index contributed by atoms with van der Waals surface area (Å²) in [5.41, 5.74) is -0.171. The number of furan rings is 1. The fourth-order valence-electron chi connectivity index (χ4n) is 1.91. The van der Waals surface area contributed by atoms with Gasteiger partial charge in [0.25, 0.3) is 5.91 Å². The number of carboxylic acids is 1. The molecule has 0 aliphatic carbocycles. The number of aromatic carboxylic acids is 1. The quantitative estimate of drug-likeness (QED) is 0.658. The SMILES string of the molecule is O=C(Nc1nn(C(=O)O)c2cc(C(=O)O)oc12)c1ccccn1. The number of hydrogen-bond acceptors (Lipinski definition) is 6. The summed E-state index contributed by atoms with van der Waals surface area (Å²) >= 11 is 0. The molecule has 0 atom stereocenters. The number of nitrogens with one attached hydrogen (secondary N) is 1. The predicted octanol–water partition coefficient (Wildman–Crippen LogP) is 1.50. The fourth-order valence-corrected chi connectivity index (χ4v) is 1.91. The maximum Gasteiger partial charge on any atom is 0.432 e. The lowest BCUT2D eigenvalue weighted by Gasteiger charge is -2.00. The Kier molecular flexibility index (Phi) is 3.26. The van der Waals surface area contributed by atoms with Gasteiger partial charge in [0.15, 0.2) is 11.4 Å². The summed E-state index contributed by atoms with van der Waals surface area (Å²) in [6.45, 7) is 0. The summed E-state index contributed by atoms with van der Waals surface area (Å²) in [5.74, 6) is -2.71. The molecule has 10 heteroatoms. The first-order valence-electron chi connectivity index (χ1n) is 6.19. The van der Waals surface area contributed by atoms with E-state index in [1.54, 1.807) is 12.1 Å². The van der Waals surface area contributed by atoms with Gasteiger partial charge in [0, 0.05) is 12.3 Å². The van der Waals surface area contributed by atoms with Gasteiger partial charge in [-0.25, -0.2) is 9.59 Å². The van der Waals surface area contributed by atoms with E-state index in [0.29, 0.717) is 4.68 Å². The summed E-state index contributed by atoms with van der Waals surface area (Å²) in [7, 11) is 0. The minimum absolute atomic E-state index is 0.0792. The normalized spacial score (nSPS) is 10.6. The van der Waals surface area contributed by atoms with Crippen LogP contribution >= 0.6 is 0 Å². The highest BCUT2D eigenvalue weighted by atomic mass is 16.4. The first kappa shape index (κ1) is 14.3. The van der Waals surface area contributed by atoms with Gasteiger partial charge in [-0.1, -0.05) is 6.07 Å². The van der Waals surface area contributed by atoms with Crippen molar-refractivity contribution in [1.82, 2.24) is 14.8 Å². The molecular formula is C13H8N4O6. The van der Waals surface area contributed by atoms with Crippen molar-refractivity contribution < 1.29 is 29.0 Å². The van der Waals surface area contributed by atoms with Crippen LogP contribution in [-0.2, 0) is 0 Å². The highest BCUT2D eigenvalue weighted by molar-refractivity contribution is 6.07. The average Bonchev–Trinajstić information content (AvgIpc) is 3.08. The molecule has 0 saturated heterocycles. The van der Waals surface area contributed by atoms with Crippen LogP contribution in [0.5, 0.6) is 0 Å².